The van der Waals surface area contributed by atoms with Gasteiger partial charge >= 0.3 is 0 Å². The van der Waals surface area contributed by atoms with Crippen LogP contribution in [0, 0.1) is 5.82 Å². The Hall–Kier alpha value is -1.23. The molecule has 1 heterocycles. The summed E-state index contributed by atoms with van der Waals surface area (Å²) in [6, 6.07) is 2.80. The highest BCUT2D eigenvalue weighted by molar-refractivity contribution is 9.10. The van der Waals surface area contributed by atoms with Crippen LogP contribution in [-0.4, -0.2) is 9.97 Å². The molecule has 0 saturated heterocycles. The van der Waals surface area contributed by atoms with E-state index in [0.29, 0.717) is 15.5 Å². The van der Waals surface area contributed by atoms with E-state index < -0.39 is 5.82 Å². The Morgan fingerprint density at radius 2 is 2.08 bits per heavy atom. The number of nitrogen functional groups attached to an aromatic ring is 1. The van der Waals surface area contributed by atoms with Crippen molar-refractivity contribution in [1.29, 1.82) is 0 Å². The number of anilines is 1. The number of benzene rings is 1. The summed E-state index contributed by atoms with van der Waals surface area (Å²) in [6.07, 6.45) is 1.36. The summed E-state index contributed by atoms with van der Waals surface area (Å²) in [7, 11) is 0. The van der Waals surface area contributed by atoms with E-state index in [2.05, 4.69) is 25.9 Å². The molecule has 13 heavy (non-hydrogen) atoms. The van der Waals surface area contributed by atoms with Crippen molar-refractivity contribution in [2.24, 2.45) is 0 Å². The first-order valence-corrected chi connectivity index (χ1v) is 4.33. The van der Waals surface area contributed by atoms with Gasteiger partial charge in [0.05, 0.1) is 11.2 Å². The maximum absolute atomic E-state index is 13.0. The van der Waals surface area contributed by atoms with Gasteiger partial charge < -0.3 is 5.73 Å². The SMILES string of the molecule is Nc1cc2c(Br)ncnc2cc1F. The minimum Gasteiger partial charge on any atom is -0.396 e. The molecule has 0 aliphatic carbocycles. The second-order valence-corrected chi connectivity index (χ2v) is 3.31. The lowest BCUT2D eigenvalue weighted by molar-refractivity contribution is 0.634. The first-order chi connectivity index (χ1) is 6.18. The van der Waals surface area contributed by atoms with Gasteiger partial charge in [0, 0.05) is 11.5 Å². The fraction of sp³-hybridized carbons (Fsp3) is 0. The fourth-order valence-electron chi connectivity index (χ4n) is 1.06. The Balaban J connectivity index is 2.89. The minimum absolute atomic E-state index is 0.100. The highest BCUT2D eigenvalue weighted by atomic mass is 79.9. The summed E-state index contributed by atoms with van der Waals surface area (Å²) >= 11 is 3.23. The Labute approximate surface area is 81.9 Å². The number of hydrogen-bond acceptors (Lipinski definition) is 3. The molecule has 1 aromatic carbocycles. The van der Waals surface area contributed by atoms with Crippen molar-refractivity contribution in [3.05, 3.63) is 28.9 Å². The molecule has 2 N–H and O–H groups in total. The van der Waals surface area contributed by atoms with E-state index in [1.165, 1.54) is 18.5 Å². The van der Waals surface area contributed by atoms with Crippen LogP contribution >= 0.6 is 15.9 Å². The van der Waals surface area contributed by atoms with Crippen LogP contribution in [-0.2, 0) is 0 Å². The highest BCUT2D eigenvalue weighted by Gasteiger charge is 2.05. The topological polar surface area (TPSA) is 51.8 Å². The van der Waals surface area contributed by atoms with Crippen LogP contribution in [0.2, 0.25) is 0 Å². The molecule has 66 valence electrons. The predicted octanol–water partition coefficient (Wildman–Crippen LogP) is 2.11. The van der Waals surface area contributed by atoms with Crippen molar-refractivity contribution in [3.63, 3.8) is 0 Å². The number of hydrogen-bond donors (Lipinski definition) is 1. The molecule has 0 unspecified atom stereocenters. The van der Waals surface area contributed by atoms with Gasteiger partial charge in [-0.2, -0.15) is 0 Å². The predicted molar refractivity (Wildman–Crippen MR) is 51.6 cm³/mol. The standard InChI is InChI=1S/C8H5BrFN3/c9-8-4-1-6(11)5(10)2-7(4)12-3-13-8/h1-3H,11H2. The maximum Gasteiger partial charge on any atom is 0.148 e. The summed E-state index contributed by atoms with van der Waals surface area (Å²) in [5.41, 5.74) is 6.04. The molecule has 2 rings (SSSR count). The van der Waals surface area contributed by atoms with Crippen molar-refractivity contribution in [3.8, 4) is 0 Å². The monoisotopic (exact) mass is 241 g/mol. The van der Waals surface area contributed by atoms with Gasteiger partial charge in [-0.25, -0.2) is 14.4 Å². The minimum atomic E-state index is -0.460. The molecule has 0 saturated carbocycles. The number of rotatable bonds is 0. The third-order valence-corrected chi connectivity index (χ3v) is 2.34. The zero-order valence-electron chi connectivity index (χ0n) is 6.46. The lowest BCUT2D eigenvalue weighted by atomic mass is 10.2. The van der Waals surface area contributed by atoms with E-state index in [-0.39, 0.29) is 5.69 Å². The molecule has 0 amide bonds. The number of nitrogens with zero attached hydrogens (tertiary/aromatic N) is 2. The lowest BCUT2D eigenvalue weighted by Gasteiger charge is -2.01. The molecule has 0 radical (unpaired) electrons. The first-order valence-electron chi connectivity index (χ1n) is 3.53. The van der Waals surface area contributed by atoms with Crippen LogP contribution in [0.1, 0.15) is 0 Å². The Kier molecular flexibility index (Phi) is 1.88. The summed E-state index contributed by atoms with van der Waals surface area (Å²) in [5, 5.41) is 0.710. The van der Waals surface area contributed by atoms with E-state index in [4.69, 9.17) is 5.73 Å². The van der Waals surface area contributed by atoms with Gasteiger partial charge in [0.25, 0.3) is 0 Å². The Morgan fingerprint density at radius 3 is 2.85 bits per heavy atom. The molecule has 2 aromatic rings. The summed E-state index contributed by atoms with van der Waals surface area (Å²) < 4.78 is 13.6. The molecule has 1 aromatic heterocycles. The number of fused-ring (bicyclic) bond motifs is 1. The van der Waals surface area contributed by atoms with Crippen molar-refractivity contribution < 1.29 is 4.39 Å². The molecule has 0 fully saturated rings. The number of halogens is 2. The van der Waals surface area contributed by atoms with Crippen molar-refractivity contribution in [1.82, 2.24) is 9.97 Å². The van der Waals surface area contributed by atoms with Crippen LogP contribution in [0.5, 0.6) is 0 Å². The third-order valence-electron chi connectivity index (χ3n) is 1.71. The van der Waals surface area contributed by atoms with E-state index in [1.54, 1.807) is 0 Å². The molecular formula is C8H5BrFN3. The van der Waals surface area contributed by atoms with Crippen molar-refractivity contribution >= 4 is 32.5 Å². The molecule has 0 aliphatic heterocycles. The van der Waals surface area contributed by atoms with E-state index in [0.717, 1.165) is 0 Å². The van der Waals surface area contributed by atoms with Crippen molar-refractivity contribution in [2.45, 2.75) is 0 Å². The number of nitrogens with two attached hydrogens (primary N) is 1. The van der Waals surface area contributed by atoms with Gasteiger partial charge in [0.1, 0.15) is 16.7 Å². The summed E-state index contributed by atoms with van der Waals surface area (Å²) in [6.45, 7) is 0. The molecule has 0 aliphatic rings. The van der Waals surface area contributed by atoms with Crippen LogP contribution in [0.3, 0.4) is 0 Å². The average Bonchev–Trinajstić information content (AvgIpc) is 2.09. The summed E-state index contributed by atoms with van der Waals surface area (Å²) in [5.74, 6) is -0.460. The van der Waals surface area contributed by atoms with E-state index >= 15 is 0 Å². The molecule has 0 spiro atoms. The summed E-state index contributed by atoms with van der Waals surface area (Å²) in [4.78, 5) is 7.81. The maximum atomic E-state index is 13.0. The molecule has 5 heteroatoms. The van der Waals surface area contributed by atoms with E-state index in [1.807, 2.05) is 0 Å². The zero-order valence-corrected chi connectivity index (χ0v) is 8.05. The normalized spacial score (nSPS) is 10.6. The number of aromatic nitrogens is 2. The lowest BCUT2D eigenvalue weighted by Crippen LogP contribution is -1.92. The van der Waals surface area contributed by atoms with Gasteiger partial charge in [0.2, 0.25) is 0 Å². The Bertz CT molecular complexity index is 472. The third kappa shape index (κ3) is 1.35. The molecular weight excluding hydrogens is 237 g/mol. The van der Waals surface area contributed by atoms with Crippen LogP contribution in [0.25, 0.3) is 10.9 Å². The van der Waals surface area contributed by atoms with Crippen LogP contribution < -0.4 is 5.73 Å². The smallest absolute Gasteiger partial charge is 0.148 e. The van der Waals surface area contributed by atoms with Gasteiger partial charge in [-0.05, 0) is 22.0 Å². The van der Waals surface area contributed by atoms with Crippen LogP contribution in [0.15, 0.2) is 23.1 Å². The average molecular weight is 242 g/mol. The van der Waals surface area contributed by atoms with Crippen LogP contribution in [0.4, 0.5) is 10.1 Å². The second-order valence-electron chi connectivity index (χ2n) is 2.56. The van der Waals surface area contributed by atoms with Gasteiger partial charge in [-0.3, -0.25) is 0 Å². The molecule has 3 nitrogen and oxygen atoms in total. The van der Waals surface area contributed by atoms with Gasteiger partial charge in [0.15, 0.2) is 0 Å². The van der Waals surface area contributed by atoms with Crippen molar-refractivity contribution in [2.75, 3.05) is 5.73 Å². The molecule has 0 bridgehead atoms. The van der Waals surface area contributed by atoms with E-state index in [9.17, 15) is 4.39 Å². The molecule has 0 atom stereocenters. The van der Waals surface area contributed by atoms with Gasteiger partial charge in [-0.1, -0.05) is 0 Å². The highest BCUT2D eigenvalue weighted by Crippen LogP contribution is 2.23. The second kappa shape index (κ2) is 2.92. The fourth-order valence-corrected chi connectivity index (χ4v) is 1.47. The first kappa shape index (κ1) is 8.37. The largest absolute Gasteiger partial charge is 0.396 e. The van der Waals surface area contributed by atoms with Gasteiger partial charge in [-0.15, -0.1) is 0 Å². The zero-order chi connectivity index (χ0) is 9.42. The quantitative estimate of drug-likeness (QED) is 0.568. The Morgan fingerprint density at radius 1 is 1.31 bits per heavy atom.